The first-order valence-corrected chi connectivity index (χ1v) is 8.98. The Morgan fingerprint density at radius 2 is 1.90 bits per heavy atom. The van der Waals surface area contributed by atoms with E-state index in [2.05, 4.69) is 29.0 Å². The quantitative estimate of drug-likeness (QED) is 0.745. The molecule has 2 fully saturated rings. The second-order valence-electron chi connectivity index (χ2n) is 6.74. The highest BCUT2D eigenvalue weighted by Crippen LogP contribution is 2.24. The van der Waals surface area contributed by atoms with Crippen LogP contribution in [-0.2, 0) is 4.79 Å². The van der Waals surface area contributed by atoms with Crippen molar-refractivity contribution in [1.82, 2.24) is 15.1 Å². The number of carbonyl (C=O) groups excluding carboxylic acids is 1. The monoisotopic (exact) mass is 295 g/mol. The molecule has 2 aliphatic heterocycles. The van der Waals surface area contributed by atoms with Crippen LogP contribution in [0, 0.1) is 5.92 Å². The molecule has 122 valence electrons. The highest BCUT2D eigenvalue weighted by atomic mass is 16.2. The number of amides is 1. The summed E-state index contributed by atoms with van der Waals surface area (Å²) in [5.74, 6) is 1.11. The van der Waals surface area contributed by atoms with Crippen molar-refractivity contribution in [3.8, 4) is 0 Å². The highest BCUT2D eigenvalue weighted by Gasteiger charge is 2.35. The molecule has 0 aromatic rings. The average molecular weight is 295 g/mol. The molecule has 0 saturated carbocycles. The van der Waals surface area contributed by atoms with Gasteiger partial charge in [0.05, 0.1) is 6.54 Å². The van der Waals surface area contributed by atoms with E-state index < -0.39 is 0 Å². The summed E-state index contributed by atoms with van der Waals surface area (Å²) in [5.41, 5.74) is 0. The molecule has 0 aromatic heterocycles. The Hall–Kier alpha value is -0.610. The number of fused-ring (bicyclic) bond motifs is 1. The van der Waals surface area contributed by atoms with E-state index in [1.807, 2.05) is 0 Å². The third-order valence-electron chi connectivity index (χ3n) is 4.95. The average Bonchev–Trinajstić information content (AvgIpc) is 2.89. The van der Waals surface area contributed by atoms with Gasteiger partial charge in [-0.25, -0.2) is 0 Å². The van der Waals surface area contributed by atoms with Crippen molar-refractivity contribution in [1.29, 1.82) is 0 Å². The Labute approximate surface area is 130 Å². The second kappa shape index (κ2) is 8.74. The van der Waals surface area contributed by atoms with Gasteiger partial charge in [-0.3, -0.25) is 9.69 Å². The van der Waals surface area contributed by atoms with Gasteiger partial charge >= 0.3 is 0 Å². The van der Waals surface area contributed by atoms with Crippen molar-refractivity contribution in [2.75, 3.05) is 39.3 Å². The van der Waals surface area contributed by atoms with Crippen molar-refractivity contribution in [2.45, 2.75) is 58.4 Å². The summed E-state index contributed by atoms with van der Waals surface area (Å²) < 4.78 is 0. The van der Waals surface area contributed by atoms with Gasteiger partial charge in [-0.1, -0.05) is 26.7 Å². The van der Waals surface area contributed by atoms with Gasteiger partial charge in [0.25, 0.3) is 0 Å². The first-order valence-electron chi connectivity index (χ1n) is 8.98. The molecular formula is C17H33N3O. The van der Waals surface area contributed by atoms with Gasteiger partial charge in [0.2, 0.25) is 5.91 Å². The van der Waals surface area contributed by atoms with E-state index in [4.69, 9.17) is 0 Å². The van der Waals surface area contributed by atoms with Crippen molar-refractivity contribution in [3.63, 3.8) is 0 Å². The topological polar surface area (TPSA) is 35.6 Å². The summed E-state index contributed by atoms with van der Waals surface area (Å²) in [5, 5.41) is 3.62. The molecule has 0 unspecified atom stereocenters. The maximum Gasteiger partial charge on any atom is 0.236 e. The summed E-state index contributed by atoms with van der Waals surface area (Å²) in [4.78, 5) is 17.1. The van der Waals surface area contributed by atoms with Gasteiger partial charge in [0.15, 0.2) is 0 Å². The van der Waals surface area contributed by atoms with Gasteiger partial charge in [0, 0.05) is 32.2 Å². The maximum atomic E-state index is 12.6. The van der Waals surface area contributed by atoms with Crippen LogP contribution in [0.1, 0.15) is 52.4 Å². The molecule has 0 aromatic carbocycles. The molecule has 2 atom stereocenters. The van der Waals surface area contributed by atoms with Crippen molar-refractivity contribution < 1.29 is 4.79 Å². The number of hydrogen-bond donors (Lipinski definition) is 1. The molecule has 2 saturated heterocycles. The number of piperidine rings is 1. The molecule has 4 heteroatoms. The zero-order valence-electron chi connectivity index (χ0n) is 13.9. The molecule has 1 N–H and O–H groups in total. The Balaban J connectivity index is 1.80. The fourth-order valence-corrected chi connectivity index (χ4v) is 3.62. The fraction of sp³-hybridized carbons (Fsp3) is 0.941. The van der Waals surface area contributed by atoms with Crippen LogP contribution < -0.4 is 5.32 Å². The van der Waals surface area contributed by atoms with Crippen LogP contribution in [0.4, 0.5) is 0 Å². The molecular weight excluding hydrogens is 262 g/mol. The first-order chi connectivity index (χ1) is 10.2. The number of nitrogens with zero attached hydrogens (tertiary/aromatic N) is 2. The fourth-order valence-electron chi connectivity index (χ4n) is 3.62. The third kappa shape index (κ3) is 4.96. The maximum absolute atomic E-state index is 12.6. The summed E-state index contributed by atoms with van der Waals surface area (Å²) >= 11 is 0. The smallest absolute Gasteiger partial charge is 0.236 e. The standard InChI is InChI=1S/C17H33N3O/c1-3-5-10-20(11-6-4-2)17(21)14-19-12-15-8-7-9-18-16(15)13-19/h15-16,18H,3-14H2,1-2H3/t15-,16+/m0/s1. The molecule has 2 rings (SSSR count). The molecule has 21 heavy (non-hydrogen) atoms. The summed E-state index contributed by atoms with van der Waals surface area (Å²) in [7, 11) is 0. The summed E-state index contributed by atoms with van der Waals surface area (Å²) in [6, 6.07) is 0.631. The lowest BCUT2D eigenvalue weighted by Crippen LogP contribution is -2.42. The number of unbranched alkanes of at least 4 members (excludes halogenated alkanes) is 2. The Morgan fingerprint density at radius 1 is 1.19 bits per heavy atom. The van der Waals surface area contributed by atoms with Gasteiger partial charge < -0.3 is 10.2 Å². The van der Waals surface area contributed by atoms with Crippen molar-refractivity contribution in [3.05, 3.63) is 0 Å². The predicted octanol–water partition coefficient (Wildman–Crippen LogP) is 2.10. The SMILES string of the molecule is CCCCN(CCCC)C(=O)CN1C[C@@H]2CCCN[C@@H]2C1. The van der Waals surface area contributed by atoms with Crippen LogP contribution >= 0.6 is 0 Å². The van der Waals surface area contributed by atoms with E-state index in [-0.39, 0.29) is 0 Å². The van der Waals surface area contributed by atoms with Crippen LogP contribution in [0.5, 0.6) is 0 Å². The third-order valence-corrected chi connectivity index (χ3v) is 4.95. The lowest BCUT2D eigenvalue weighted by atomic mass is 9.94. The minimum atomic E-state index is 0.343. The molecule has 2 heterocycles. The van der Waals surface area contributed by atoms with Crippen molar-refractivity contribution >= 4 is 5.91 Å². The van der Waals surface area contributed by atoms with E-state index >= 15 is 0 Å². The minimum Gasteiger partial charge on any atom is -0.342 e. The molecule has 4 nitrogen and oxygen atoms in total. The zero-order chi connectivity index (χ0) is 15.1. The van der Waals surface area contributed by atoms with Gasteiger partial charge in [-0.05, 0) is 38.1 Å². The van der Waals surface area contributed by atoms with Crippen LogP contribution in [0.15, 0.2) is 0 Å². The van der Waals surface area contributed by atoms with Crippen molar-refractivity contribution in [2.24, 2.45) is 5.92 Å². The molecule has 0 aliphatic carbocycles. The highest BCUT2D eigenvalue weighted by molar-refractivity contribution is 5.78. The Kier molecular flexibility index (Phi) is 6.97. The van der Waals surface area contributed by atoms with Crippen LogP contribution in [0.25, 0.3) is 0 Å². The number of hydrogen-bond acceptors (Lipinski definition) is 3. The number of likely N-dealkylation sites (tertiary alicyclic amines) is 1. The van der Waals surface area contributed by atoms with Gasteiger partial charge in [-0.2, -0.15) is 0 Å². The number of rotatable bonds is 8. The molecule has 0 spiro atoms. The van der Waals surface area contributed by atoms with Crippen LogP contribution in [0.2, 0.25) is 0 Å². The van der Waals surface area contributed by atoms with E-state index in [0.29, 0.717) is 18.5 Å². The lowest BCUT2D eigenvalue weighted by molar-refractivity contribution is -0.132. The first kappa shape index (κ1) is 16.8. The van der Waals surface area contributed by atoms with Gasteiger partial charge in [0.1, 0.15) is 0 Å². The van der Waals surface area contributed by atoms with E-state index in [0.717, 1.165) is 64.3 Å². The summed E-state index contributed by atoms with van der Waals surface area (Å²) in [6.45, 7) is 10.2. The van der Waals surface area contributed by atoms with E-state index in [1.165, 1.54) is 12.8 Å². The molecule has 0 radical (unpaired) electrons. The van der Waals surface area contributed by atoms with E-state index in [9.17, 15) is 4.79 Å². The lowest BCUT2D eigenvalue weighted by Gasteiger charge is -2.25. The zero-order valence-corrected chi connectivity index (χ0v) is 13.9. The van der Waals surface area contributed by atoms with Crippen LogP contribution in [-0.4, -0.2) is 61.0 Å². The molecule has 2 aliphatic rings. The largest absolute Gasteiger partial charge is 0.342 e. The van der Waals surface area contributed by atoms with Crippen LogP contribution in [0.3, 0.4) is 0 Å². The molecule has 0 bridgehead atoms. The molecule has 1 amide bonds. The van der Waals surface area contributed by atoms with Gasteiger partial charge in [-0.15, -0.1) is 0 Å². The normalized spacial score (nSPS) is 25.8. The Morgan fingerprint density at radius 3 is 2.52 bits per heavy atom. The van der Waals surface area contributed by atoms with E-state index in [1.54, 1.807) is 0 Å². The summed E-state index contributed by atoms with van der Waals surface area (Å²) in [6.07, 6.45) is 7.20. The second-order valence-corrected chi connectivity index (χ2v) is 6.74. The predicted molar refractivity (Wildman–Crippen MR) is 87.4 cm³/mol. The Bertz CT molecular complexity index is 299. The number of carbonyl (C=O) groups is 1. The minimum absolute atomic E-state index is 0.343. The number of nitrogens with one attached hydrogen (secondary N) is 1.